The summed E-state index contributed by atoms with van der Waals surface area (Å²) < 4.78 is 96.6. The lowest BCUT2D eigenvalue weighted by Crippen LogP contribution is -2.60. The molecule has 1 atom stereocenters. The summed E-state index contributed by atoms with van der Waals surface area (Å²) in [6, 6.07) is 7.69. The molecule has 1 aromatic carbocycles. The van der Waals surface area contributed by atoms with E-state index < -0.39 is 48.0 Å². The lowest BCUT2D eigenvalue weighted by atomic mass is 9.83. The van der Waals surface area contributed by atoms with E-state index >= 15 is 0 Å². The fraction of sp³-hybridized carbons (Fsp3) is 0.611. The molecule has 0 aliphatic carbocycles. The van der Waals surface area contributed by atoms with E-state index in [0.717, 1.165) is 0 Å². The van der Waals surface area contributed by atoms with E-state index in [0.29, 0.717) is 5.56 Å². The van der Waals surface area contributed by atoms with Crippen LogP contribution in [0.2, 0.25) is 0 Å². The van der Waals surface area contributed by atoms with Crippen molar-refractivity contribution in [2.45, 2.75) is 69.3 Å². The number of aryl methyl sites for hydroxylation is 1. The van der Waals surface area contributed by atoms with Gasteiger partial charge in [-0.3, -0.25) is 0 Å². The number of alkyl halides is 7. The molecule has 0 saturated heterocycles. The molecule has 0 aliphatic heterocycles. The Morgan fingerprint density at radius 1 is 0.929 bits per heavy atom. The van der Waals surface area contributed by atoms with Crippen LogP contribution < -0.4 is 0 Å². The zero-order valence-electron chi connectivity index (χ0n) is 15.4. The van der Waals surface area contributed by atoms with Gasteiger partial charge in [-0.1, -0.05) is 30.3 Å². The summed E-state index contributed by atoms with van der Waals surface area (Å²) in [5, 5.41) is 10.5. The second kappa shape index (κ2) is 7.88. The van der Waals surface area contributed by atoms with Crippen LogP contribution in [0, 0.1) is 0 Å². The predicted octanol–water partition coefficient (Wildman–Crippen LogP) is 4.92. The van der Waals surface area contributed by atoms with Crippen LogP contribution in [0.3, 0.4) is 0 Å². The van der Waals surface area contributed by atoms with Crippen molar-refractivity contribution in [2.75, 3.05) is 0 Å². The lowest BCUT2D eigenvalue weighted by molar-refractivity contribution is -0.351. The van der Waals surface area contributed by atoms with Crippen LogP contribution in [-0.4, -0.2) is 40.3 Å². The SMILES string of the molecule is CC(C)(C)OC(=O)C(O)(CCc1ccccc1)CC(F)(C(F)(F)F)C(F)(F)F. The maximum atomic E-state index is 14.2. The highest BCUT2D eigenvalue weighted by Crippen LogP contribution is 2.51. The Kier molecular flexibility index (Phi) is 6.81. The monoisotopic (exact) mass is 418 g/mol. The maximum absolute atomic E-state index is 14.2. The molecular formula is C18H21F7O3. The minimum Gasteiger partial charge on any atom is -0.458 e. The number of benzene rings is 1. The van der Waals surface area contributed by atoms with Crippen LogP contribution >= 0.6 is 0 Å². The maximum Gasteiger partial charge on any atom is 0.431 e. The topological polar surface area (TPSA) is 46.5 Å². The van der Waals surface area contributed by atoms with Crippen LogP contribution in [0.1, 0.15) is 39.2 Å². The average molecular weight is 418 g/mol. The highest BCUT2D eigenvalue weighted by atomic mass is 19.4. The third kappa shape index (κ3) is 5.83. The van der Waals surface area contributed by atoms with E-state index in [2.05, 4.69) is 0 Å². The predicted molar refractivity (Wildman–Crippen MR) is 86.1 cm³/mol. The molecule has 0 bridgehead atoms. The Bertz CT molecular complexity index is 648. The van der Waals surface area contributed by atoms with Gasteiger partial charge in [0, 0.05) is 6.42 Å². The minimum atomic E-state index is -6.39. The molecule has 0 amide bonds. The molecule has 3 nitrogen and oxygen atoms in total. The second-order valence-corrected chi connectivity index (χ2v) is 7.49. The van der Waals surface area contributed by atoms with Gasteiger partial charge in [-0.2, -0.15) is 26.3 Å². The van der Waals surface area contributed by atoms with Gasteiger partial charge in [0.25, 0.3) is 0 Å². The van der Waals surface area contributed by atoms with Gasteiger partial charge in [0.1, 0.15) is 5.60 Å². The highest BCUT2D eigenvalue weighted by molar-refractivity contribution is 5.80. The van der Waals surface area contributed by atoms with Crippen LogP contribution in [0.25, 0.3) is 0 Å². The molecule has 0 radical (unpaired) electrons. The zero-order chi connectivity index (χ0) is 22.0. The molecule has 10 heteroatoms. The quantitative estimate of drug-likeness (QED) is 0.527. The second-order valence-electron chi connectivity index (χ2n) is 7.49. The van der Waals surface area contributed by atoms with Crippen molar-refractivity contribution in [1.29, 1.82) is 0 Å². The summed E-state index contributed by atoms with van der Waals surface area (Å²) in [4.78, 5) is 12.3. The first-order valence-corrected chi connectivity index (χ1v) is 8.23. The number of halogens is 7. The van der Waals surface area contributed by atoms with Gasteiger partial charge >= 0.3 is 24.0 Å². The Balaban J connectivity index is 3.30. The molecule has 1 N–H and O–H groups in total. The number of ether oxygens (including phenoxy) is 1. The number of rotatable bonds is 6. The van der Waals surface area contributed by atoms with Gasteiger partial charge in [-0.05, 0) is 39.2 Å². The summed E-state index contributed by atoms with van der Waals surface area (Å²) in [6.07, 6.45) is -16.5. The first kappa shape index (κ1) is 24.2. The average Bonchev–Trinajstić information content (AvgIpc) is 2.50. The van der Waals surface area contributed by atoms with Crippen molar-refractivity contribution >= 4 is 5.97 Å². The Morgan fingerprint density at radius 3 is 1.79 bits per heavy atom. The first-order chi connectivity index (χ1) is 12.4. The van der Waals surface area contributed by atoms with Crippen LogP contribution in [0.4, 0.5) is 30.7 Å². The van der Waals surface area contributed by atoms with Gasteiger partial charge in [-0.15, -0.1) is 0 Å². The molecule has 1 aromatic rings. The standard InChI is InChI=1S/C18H21F7O3/c1-14(2,3)28-13(26)15(27,10-9-12-7-5-4-6-8-12)11-16(19,17(20,21)22)18(23,24)25/h4-8,27H,9-11H2,1-3H3. The van der Waals surface area contributed by atoms with E-state index in [-0.39, 0.29) is 6.42 Å². The van der Waals surface area contributed by atoms with Crippen molar-refractivity contribution in [2.24, 2.45) is 0 Å². The number of hydrogen-bond donors (Lipinski definition) is 1. The summed E-state index contributed by atoms with van der Waals surface area (Å²) >= 11 is 0. The van der Waals surface area contributed by atoms with E-state index in [9.17, 15) is 40.6 Å². The zero-order valence-corrected chi connectivity index (χ0v) is 15.4. The van der Waals surface area contributed by atoms with Crippen molar-refractivity contribution < 1.29 is 45.4 Å². The number of aliphatic hydroxyl groups is 1. The number of hydrogen-bond acceptors (Lipinski definition) is 3. The van der Waals surface area contributed by atoms with Gasteiger partial charge in [0.05, 0.1) is 0 Å². The Hall–Kier alpha value is -1.84. The lowest BCUT2D eigenvalue weighted by Gasteiger charge is -2.37. The molecule has 0 fully saturated rings. The van der Waals surface area contributed by atoms with Crippen LogP contribution in [0.5, 0.6) is 0 Å². The summed E-state index contributed by atoms with van der Waals surface area (Å²) in [6.45, 7) is 3.91. The molecule has 160 valence electrons. The minimum absolute atomic E-state index is 0.275. The van der Waals surface area contributed by atoms with Crippen LogP contribution in [-0.2, 0) is 16.0 Å². The van der Waals surface area contributed by atoms with Crippen molar-refractivity contribution in [1.82, 2.24) is 0 Å². The Labute approximate surface area is 157 Å². The Morgan fingerprint density at radius 2 is 1.39 bits per heavy atom. The van der Waals surface area contributed by atoms with Crippen molar-refractivity contribution in [3.05, 3.63) is 35.9 Å². The third-order valence-electron chi connectivity index (χ3n) is 3.88. The molecule has 0 saturated carbocycles. The van der Waals surface area contributed by atoms with E-state index in [1.807, 2.05) is 0 Å². The van der Waals surface area contributed by atoms with Crippen molar-refractivity contribution in [3.63, 3.8) is 0 Å². The molecule has 28 heavy (non-hydrogen) atoms. The number of carbonyl (C=O) groups is 1. The van der Waals surface area contributed by atoms with E-state index in [1.165, 1.54) is 32.9 Å². The largest absolute Gasteiger partial charge is 0.458 e. The van der Waals surface area contributed by atoms with Gasteiger partial charge in [0.2, 0.25) is 0 Å². The summed E-state index contributed by atoms with van der Waals surface area (Å²) in [5.41, 5.74) is -10.0. The van der Waals surface area contributed by atoms with Gasteiger partial charge < -0.3 is 9.84 Å². The van der Waals surface area contributed by atoms with Gasteiger partial charge in [-0.25, -0.2) is 9.18 Å². The highest BCUT2D eigenvalue weighted by Gasteiger charge is 2.75. The fourth-order valence-electron chi connectivity index (χ4n) is 2.40. The van der Waals surface area contributed by atoms with E-state index in [4.69, 9.17) is 4.74 Å². The molecule has 0 spiro atoms. The third-order valence-corrected chi connectivity index (χ3v) is 3.88. The molecule has 0 aromatic heterocycles. The molecule has 1 rings (SSSR count). The number of carbonyl (C=O) groups excluding carboxylic acids is 1. The molecule has 0 aliphatic rings. The van der Waals surface area contributed by atoms with E-state index in [1.54, 1.807) is 18.2 Å². The first-order valence-electron chi connectivity index (χ1n) is 8.23. The van der Waals surface area contributed by atoms with Crippen LogP contribution in [0.15, 0.2) is 30.3 Å². The molecular weight excluding hydrogens is 397 g/mol. The fourth-order valence-corrected chi connectivity index (χ4v) is 2.40. The summed E-state index contributed by atoms with van der Waals surface area (Å²) in [5.74, 6) is -1.76. The molecule has 0 heterocycles. The number of esters is 1. The van der Waals surface area contributed by atoms with Crippen molar-refractivity contribution in [3.8, 4) is 0 Å². The van der Waals surface area contributed by atoms with Gasteiger partial charge in [0.15, 0.2) is 5.60 Å². The smallest absolute Gasteiger partial charge is 0.431 e. The normalized spacial score (nSPS) is 15.8. The molecule has 1 unspecified atom stereocenters. The summed E-state index contributed by atoms with van der Waals surface area (Å²) in [7, 11) is 0.